The number of ether oxygens (including phenoxy) is 1. The zero-order valence-electron chi connectivity index (χ0n) is 13.5. The first kappa shape index (κ1) is 15.8. The highest BCUT2D eigenvalue weighted by molar-refractivity contribution is 5.95. The smallest absolute Gasteiger partial charge is 0.260 e. The molecule has 0 bridgehead atoms. The van der Waals surface area contributed by atoms with Crippen LogP contribution in [0.2, 0.25) is 0 Å². The molecule has 0 aliphatic carbocycles. The molecular weight excluding hydrogens is 294 g/mol. The summed E-state index contributed by atoms with van der Waals surface area (Å²) in [6.45, 7) is 5.16. The van der Waals surface area contributed by atoms with Crippen LogP contribution in [-0.2, 0) is 9.59 Å². The number of nitrogens with zero attached hydrogens (tertiary/aromatic N) is 2. The summed E-state index contributed by atoms with van der Waals surface area (Å²) in [5.41, 5.74) is 0.841. The molecule has 2 aliphatic heterocycles. The third-order valence-electron chi connectivity index (χ3n) is 4.39. The van der Waals surface area contributed by atoms with Gasteiger partial charge in [0.1, 0.15) is 5.75 Å². The zero-order chi connectivity index (χ0) is 16.2. The molecule has 2 amide bonds. The van der Waals surface area contributed by atoms with Gasteiger partial charge in [0.25, 0.3) is 5.91 Å². The van der Waals surface area contributed by atoms with Crippen LogP contribution in [0.5, 0.6) is 5.75 Å². The minimum absolute atomic E-state index is 0.00153. The lowest BCUT2D eigenvalue weighted by atomic mass is 10.2. The van der Waals surface area contributed by atoms with Crippen LogP contribution in [0.1, 0.15) is 19.8 Å². The summed E-state index contributed by atoms with van der Waals surface area (Å²) in [5, 5.41) is 3.26. The van der Waals surface area contributed by atoms with Gasteiger partial charge in [-0.1, -0.05) is 6.07 Å². The second kappa shape index (κ2) is 7.00. The summed E-state index contributed by atoms with van der Waals surface area (Å²) >= 11 is 0. The molecule has 1 N–H and O–H groups in total. The Bertz CT molecular complexity index is 590. The van der Waals surface area contributed by atoms with E-state index in [1.165, 1.54) is 0 Å². The Hall–Kier alpha value is -2.08. The van der Waals surface area contributed by atoms with Crippen LogP contribution in [0.3, 0.4) is 0 Å². The van der Waals surface area contributed by atoms with Gasteiger partial charge in [0.05, 0.1) is 0 Å². The second-order valence-corrected chi connectivity index (χ2v) is 6.08. The third-order valence-corrected chi connectivity index (χ3v) is 4.39. The van der Waals surface area contributed by atoms with E-state index >= 15 is 0 Å². The summed E-state index contributed by atoms with van der Waals surface area (Å²) < 4.78 is 5.66. The maximum absolute atomic E-state index is 12.3. The summed E-state index contributed by atoms with van der Waals surface area (Å²) in [5.74, 6) is 0.771. The van der Waals surface area contributed by atoms with Gasteiger partial charge in [-0.2, -0.15) is 0 Å². The van der Waals surface area contributed by atoms with Crippen LogP contribution in [0.15, 0.2) is 24.3 Å². The normalized spacial score (nSPS) is 21.6. The molecule has 1 aromatic carbocycles. The van der Waals surface area contributed by atoms with Gasteiger partial charge in [0.15, 0.2) is 6.61 Å². The molecule has 1 aromatic rings. The standard InChI is InChI=1S/C17H23N3O3/c1-13-11-18-7-9-19(13)17(22)12-23-15-5-2-4-14(10-15)20-8-3-6-16(20)21/h2,4-5,10,13,18H,3,6-9,11-12H2,1H3. The van der Waals surface area contributed by atoms with E-state index < -0.39 is 0 Å². The molecule has 0 spiro atoms. The van der Waals surface area contributed by atoms with Crippen molar-refractivity contribution in [3.63, 3.8) is 0 Å². The van der Waals surface area contributed by atoms with Crippen molar-refractivity contribution >= 4 is 17.5 Å². The Kier molecular flexibility index (Phi) is 4.81. The van der Waals surface area contributed by atoms with E-state index in [9.17, 15) is 9.59 Å². The highest BCUT2D eigenvalue weighted by Crippen LogP contribution is 2.25. The third kappa shape index (κ3) is 3.64. The second-order valence-electron chi connectivity index (χ2n) is 6.08. The minimum Gasteiger partial charge on any atom is -0.484 e. The van der Waals surface area contributed by atoms with Crippen molar-refractivity contribution in [2.24, 2.45) is 0 Å². The molecule has 6 nitrogen and oxygen atoms in total. The average Bonchev–Trinajstić information content (AvgIpc) is 2.99. The largest absolute Gasteiger partial charge is 0.484 e. The van der Waals surface area contributed by atoms with Gasteiger partial charge in [-0.25, -0.2) is 0 Å². The molecule has 0 aromatic heterocycles. The molecule has 2 saturated heterocycles. The number of amides is 2. The number of piperazine rings is 1. The average molecular weight is 317 g/mol. The molecule has 0 radical (unpaired) electrons. The molecule has 3 rings (SSSR count). The number of benzene rings is 1. The molecular formula is C17H23N3O3. The highest BCUT2D eigenvalue weighted by Gasteiger charge is 2.24. The SMILES string of the molecule is CC1CNCCN1C(=O)COc1cccc(N2CCCC2=O)c1. The maximum Gasteiger partial charge on any atom is 0.260 e. The fourth-order valence-corrected chi connectivity index (χ4v) is 3.10. The molecule has 0 saturated carbocycles. The Balaban J connectivity index is 1.60. The van der Waals surface area contributed by atoms with Crippen molar-refractivity contribution in [2.75, 3.05) is 37.7 Å². The van der Waals surface area contributed by atoms with Crippen molar-refractivity contribution in [3.8, 4) is 5.75 Å². The molecule has 1 atom stereocenters. The first-order chi connectivity index (χ1) is 11.1. The first-order valence-corrected chi connectivity index (χ1v) is 8.18. The summed E-state index contributed by atoms with van der Waals surface area (Å²) in [6, 6.07) is 7.59. The lowest BCUT2D eigenvalue weighted by molar-refractivity contribution is -0.136. The monoisotopic (exact) mass is 317 g/mol. The van der Waals surface area contributed by atoms with E-state index in [1.54, 1.807) is 4.90 Å². The summed E-state index contributed by atoms with van der Waals surface area (Å²) in [6.07, 6.45) is 1.49. The summed E-state index contributed by atoms with van der Waals surface area (Å²) in [4.78, 5) is 27.7. The number of rotatable bonds is 4. The Labute approximate surface area is 136 Å². The van der Waals surface area contributed by atoms with E-state index in [1.807, 2.05) is 36.1 Å². The van der Waals surface area contributed by atoms with E-state index in [0.29, 0.717) is 18.7 Å². The molecule has 6 heteroatoms. The lowest BCUT2D eigenvalue weighted by Gasteiger charge is -2.33. The number of nitrogens with one attached hydrogen (secondary N) is 1. The quantitative estimate of drug-likeness (QED) is 0.900. The zero-order valence-corrected chi connectivity index (χ0v) is 13.5. The van der Waals surface area contributed by atoms with Gasteiger partial charge in [0, 0.05) is 50.4 Å². The van der Waals surface area contributed by atoms with Crippen LogP contribution in [-0.4, -0.2) is 55.5 Å². The van der Waals surface area contributed by atoms with Gasteiger partial charge < -0.3 is 19.9 Å². The fourth-order valence-electron chi connectivity index (χ4n) is 3.10. The molecule has 2 aliphatic rings. The van der Waals surface area contributed by atoms with Gasteiger partial charge in [-0.3, -0.25) is 9.59 Å². The predicted octanol–water partition coefficient (Wildman–Crippen LogP) is 1.01. The van der Waals surface area contributed by atoms with Gasteiger partial charge in [-0.05, 0) is 25.5 Å². The molecule has 2 heterocycles. The Morgan fingerprint density at radius 2 is 2.26 bits per heavy atom. The predicted molar refractivity (Wildman–Crippen MR) is 87.6 cm³/mol. The van der Waals surface area contributed by atoms with Gasteiger partial charge >= 0.3 is 0 Å². The van der Waals surface area contributed by atoms with E-state index in [0.717, 1.165) is 31.7 Å². The number of carbonyl (C=O) groups excluding carboxylic acids is 2. The van der Waals surface area contributed by atoms with Crippen molar-refractivity contribution in [1.29, 1.82) is 0 Å². The van der Waals surface area contributed by atoms with Crippen LogP contribution in [0.25, 0.3) is 0 Å². The molecule has 124 valence electrons. The number of anilines is 1. The number of hydrogen-bond acceptors (Lipinski definition) is 4. The molecule has 2 fully saturated rings. The first-order valence-electron chi connectivity index (χ1n) is 8.18. The van der Waals surface area contributed by atoms with E-state index in [-0.39, 0.29) is 24.5 Å². The highest BCUT2D eigenvalue weighted by atomic mass is 16.5. The minimum atomic E-state index is 0.00153. The molecule has 23 heavy (non-hydrogen) atoms. The van der Waals surface area contributed by atoms with E-state index in [2.05, 4.69) is 5.32 Å². The fraction of sp³-hybridized carbons (Fsp3) is 0.529. The van der Waals surface area contributed by atoms with Gasteiger partial charge in [-0.15, -0.1) is 0 Å². The Morgan fingerprint density at radius 1 is 1.39 bits per heavy atom. The van der Waals surface area contributed by atoms with Gasteiger partial charge in [0.2, 0.25) is 5.91 Å². The van der Waals surface area contributed by atoms with Crippen molar-refractivity contribution in [2.45, 2.75) is 25.8 Å². The van der Waals surface area contributed by atoms with Crippen molar-refractivity contribution in [3.05, 3.63) is 24.3 Å². The lowest BCUT2D eigenvalue weighted by Crippen LogP contribution is -2.53. The van der Waals surface area contributed by atoms with Crippen LogP contribution in [0, 0.1) is 0 Å². The topological polar surface area (TPSA) is 61.9 Å². The van der Waals surface area contributed by atoms with Crippen LogP contribution < -0.4 is 15.0 Å². The number of carbonyl (C=O) groups is 2. The molecule has 1 unspecified atom stereocenters. The van der Waals surface area contributed by atoms with E-state index in [4.69, 9.17) is 4.74 Å². The van der Waals surface area contributed by atoms with Crippen LogP contribution >= 0.6 is 0 Å². The maximum atomic E-state index is 12.3. The van der Waals surface area contributed by atoms with Crippen LogP contribution in [0.4, 0.5) is 5.69 Å². The van der Waals surface area contributed by atoms with Crippen molar-refractivity contribution in [1.82, 2.24) is 10.2 Å². The Morgan fingerprint density at radius 3 is 3.00 bits per heavy atom. The summed E-state index contributed by atoms with van der Waals surface area (Å²) in [7, 11) is 0. The van der Waals surface area contributed by atoms with Crippen molar-refractivity contribution < 1.29 is 14.3 Å². The number of hydrogen-bond donors (Lipinski definition) is 1.